The number of halogens is 5. The van der Waals surface area contributed by atoms with Gasteiger partial charge in [0.2, 0.25) is 58.5 Å². The maximum Gasteiger partial charge on any atom is 0.316 e. The van der Waals surface area contributed by atoms with Crippen LogP contribution in [0.4, 0.5) is 22.0 Å². The molecule has 4 amide bonds. The summed E-state index contributed by atoms with van der Waals surface area (Å²) in [5.41, 5.74) is -1.48. The van der Waals surface area contributed by atoms with E-state index in [1.165, 1.54) is 33.2 Å². The zero-order chi connectivity index (χ0) is 71.8. The number of methoxy groups -OCH3 is 4. The van der Waals surface area contributed by atoms with Crippen LogP contribution in [0.25, 0.3) is 0 Å². The molecule has 1 aromatic rings. The third kappa shape index (κ3) is 20.9. The average molecular weight is 1350 g/mol. The highest BCUT2D eigenvalue weighted by Crippen LogP contribution is 2.36. The number of nitrogens with zero attached hydrogens (tertiary/aromatic N) is 6. The number of hydrogen-bond acceptors (Lipinski definition) is 15. The second-order valence-corrected chi connectivity index (χ2v) is 27.7. The highest BCUT2D eigenvalue weighted by atomic mass is 19.2. The molecule has 0 spiro atoms. The van der Waals surface area contributed by atoms with Gasteiger partial charge in [0.15, 0.2) is 11.6 Å². The van der Waals surface area contributed by atoms with Crippen LogP contribution in [0.5, 0.6) is 5.75 Å². The van der Waals surface area contributed by atoms with Crippen molar-refractivity contribution >= 4 is 47.1 Å². The fourth-order valence-electron chi connectivity index (χ4n) is 12.6. The summed E-state index contributed by atoms with van der Waals surface area (Å²) in [5, 5.41) is 9.57. The number of esters is 1. The molecule has 2 aliphatic rings. The van der Waals surface area contributed by atoms with Crippen LogP contribution in [-0.2, 0) is 57.3 Å². The quantitative estimate of drug-likeness (QED) is 0.0219. The van der Waals surface area contributed by atoms with Gasteiger partial charge >= 0.3 is 11.9 Å². The van der Waals surface area contributed by atoms with Crippen LogP contribution in [0.1, 0.15) is 169 Å². The Kier molecular flexibility index (Phi) is 35.2. The summed E-state index contributed by atoms with van der Waals surface area (Å²) in [6.45, 7) is 26.8. The fraction of sp³-hybridized carbons (Fsp3) is 0.797. The summed E-state index contributed by atoms with van der Waals surface area (Å²) in [4.78, 5) is 117. The van der Waals surface area contributed by atoms with Crippen molar-refractivity contribution < 1.29 is 89.1 Å². The number of ether oxygens (including phenoxy) is 5. The van der Waals surface area contributed by atoms with Crippen molar-refractivity contribution in [3.05, 3.63) is 29.1 Å². The molecule has 0 unspecified atom stereocenters. The molecule has 14 atom stereocenters. The number of likely N-dealkylation sites (tertiary alicyclic amines) is 2. The van der Waals surface area contributed by atoms with Gasteiger partial charge < -0.3 is 48.4 Å². The first-order valence-electron chi connectivity index (χ1n) is 32.7. The van der Waals surface area contributed by atoms with Crippen LogP contribution in [0.3, 0.4) is 0 Å². The molecule has 25 heteroatoms. The number of aliphatic carboxylic acids is 1. The van der Waals surface area contributed by atoms with Crippen LogP contribution in [0.2, 0.25) is 0 Å². The highest BCUT2D eigenvalue weighted by Gasteiger charge is 2.47. The van der Waals surface area contributed by atoms with Gasteiger partial charge in [0, 0.05) is 80.3 Å². The van der Waals surface area contributed by atoms with Gasteiger partial charge in [-0.25, -0.2) is 13.2 Å². The minimum atomic E-state index is -2.39. The van der Waals surface area contributed by atoms with E-state index in [-0.39, 0.29) is 105 Å². The number of hydrogen-bond donors (Lipinski definition) is 1. The first-order chi connectivity index (χ1) is 43.1. The number of benzene rings is 1. The number of carbonyl (C=O) groups excluding carboxylic acids is 7. The van der Waals surface area contributed by atoms with Crippen LogP contribution in [0.15, 0.2) is 0 Å². The Morgan fingerprint density at radius 1 is 0.521 bits per heavy atom. The average Bonchev–Trinajstić information content (AvgIpc) is 1.13. The van der Waals surface area contributed by atoms with E-state index in [2.05, 4.69) is 4.74 Å². The number of carboxylic acid groups (broad SMARTS) is 1. The van der Waals surface area contributed by atoms with E-state index >= 15 is 0 Å². The number of ketones is 2. The molecule has 2 aliphatic heterocycles. The molecule has 2 heterocycles. The third-order valence-electron chi connectivity index (χ3n) is 20.5. The molecule has 1 N–H and O–H groups in total. The molecule has 0 saturated carbocycles. The molecule has 2 fully saturated rings. The van der Waals surface area contributed by atoms with Gasteiger partial charge in [0.1, 0.15) is 0 Å². The van der Waals surface area contributed by atoms with Crippen molar-refractivity contribution in [3.63, 3.8) is 0 Å². The molecule has 3 rings (SSSR count). The molecule has 20 nitrogen and oxygen atoms in total. The van der Waals surface area contributed by atoms with Crippen LogP contribution >= 0.6 is 0 Å². The minimum absolute atomic E-state index is 0. The summed E-state index contributed by atoms with van der Waals surface area (Å²) in [6, 6.07) is -2.00. The molecular weight excluding hydrogens is 1230 g/mol. The highest BCUT2D eigenvalue weighted by molar-refractivity contribution is 5.93. The predicted octanol–water partition coefficient (Wildman–Crippen LogP) is 9.98. The van der Waals surface area contributed by atoms with E-state index in [1.54, 1.807) is 42.8 Å². The lowest BCUT2D eigenvalue weighted by Crippen LogP contribution is -2.54. The number of Topliss-reactive ketones (excluding diaryl/α,β-unsaturated/α-hetero) is 2. The van der Waals surface area contributed by atoms with Gasteiger partial charge in [-0.15, -0.1) is 0 Å². The second kappa shape index (κ2) is 38.1. The number of amides is 4. The molecule has 0 radical (unpaired) electrons. The van der Waals surface area contributed by atoms with Crippen LogP contribution in [-0.4, -0.2) is 225 Å². The van der Waals surface area contributed by atoms with E-state index in [9.17, 15) is 65.4 Å². The number of likely N-dealkylation sites (N-methyl/N-ethyl adjacent to an activating group) is 4. The lowest BCUT2D eigenvalue weighted by Gasteiger charge is -2.41. The normalized spacial score (nSPS) is 19.2. The molecule has 94 heavy (non-hydrogen) atoms. The van der Waals surface area contributed by atoms with Crippen molar-refractivity contribution in [1.29, 1.82) is 0 Å². The fourth-order valence-corrected chi connectivity index (χ4v) is 12.6. The Bertz CT molecular complexity index is 2650. The summed E-state index contributed by atoms with van der Waals surface area (Å²) < 4.78 is 97.2. The molecule has 0 aromatic heterocycles. The van der Waals surface area contributed by atoms with Crippen LogP contribution < -0.4 is 4.74 Å². The zero-order valence-corrected chi connectivity index (χ0v) is 60.1. The number of carbonyl (C=O) groups is 8. The van der Waals surface area contributed by atoms with Gasteiger partial charge in [0.05, 0.1) is 84.3 Å². The SMILES string of the molecule is C.CC[C@H](C)[C@@H]([C@@H](CC(=O)N1CCC[C@H]1[C@H](OC)[C@@H](C)C(=O)O)OC)N(C)C(=O)[C@@H](CC(=O)C(C)(C)N(C)C)C(C)C.CC[C@H](C)[C@@H]([C@@H](CC(=O)N1CCC[C@H]1[C@H](OC)[C@@H](C)C(=O)Oc1c(F)c(F)c(F)c(F)c1F)OC)N(C)C(=O)[C@@H](CC(=O)C(C)(C)N(C)C)C(C)C. The Hall–Kier alpha value is -5.21. The number of carboxylic acids is 1. The molecule has 0 aliphatic carbocycles. The van der Waals surface area contributed by atoms with E-state index in [1.807, 2.05) is 121 Å². The van der Waals surface area contributed by atoms with E-state index in [0.29, 0.717) is 32.2 Å². The standard InChI is InChI=1S/C37H56F5N3O7.C31H57N3O7.CH4/c1-13-20(4)32(44(10)35(48)22(19(2)3)17-25(46)37(6,7)43(8)9)24(50-11)18-26(47)45-16-14-15-23(45)33(51-12)21(5)36(49)52-34-30(41)28(39)27(38)29(40)31(34)42;1-13-20(4)27(33(10)29(37)22(19(2)3)17-25(35)31(6,7)32(8)9)24(40-11)18-26(36)34-16-14-15-23(34)28(41-12)21(5)30(38)39;/h19-24,32-33H,13-18H2,1-12H3;19-24,27-28H,13-18H2,1-12H3,(H,38,39);1H4/t20-,21+,22-,23-,24+,32-,33+;20-,21+,22-,23-,24+,27-,28+;/m00./s1. The first kappa shape index (κ1) is 86.8. The summed E-state index contributed by atoms with van der Waals surface area (Å²) in [6.07, 6.45) is 0.771. The molecule has 1 aromatic carbocycles. The smallest absolute Gasteiger partial charge is 0.316 e. The molecule has 0 bridgehead atoms. The minimum Gasteiger partial charge on any atom is -0.481 e. The van der Waals surface area contributed by atoms with Crippen molar-refractivity contribution in [2.45, 2.75) is 228 Å². The monoisotopic (exact) mass is 1350 g/mol. The Balaban J connectivity index is 0.000000957. The lowest BCUT2D eigenvalue weighted by molar-refractivity contribution is -0.152. The zero-order valence-electron chi connectivity index (χ0n) is 60.1. The van der Waals surface area contributed by atoms with E-state index in [4.69, 9.17) is 18.9 Å². The maximum atomic E-state index is 14.3. The largest absolute Gasteiger partial charge is 0.481 e. The summed E-state index contributed by atoms with van der Waals surface area (Å²) in [7, 11) is 16.5. The Morgan fingerprint density at radius 2 is 0.840 bits per heavy atom. The van der Waals surface area contributed by atoms with E-state index < -0.39 is 124 Å². The maximum absolute atomic E-state index is 14.3. The molecular formula is C69H117F5N6O14. The first-order valence-corrected chi connectivity index (χ1v) is 32.7. The van der Waals surface area contributed by atoms with E-state index in [0.717, 1.165) is 12.8 Å². The van der Waals surface area contributed by atoms with Gasteiger partial charge in [0.25, 0.3) is 0 Å². The predicted molar refractivity (Wildman–Crippen MR) is 350 cm³/mol. The molecule has 542 valence electrons. The van der Waals surface area contributed by atoms with Crippen molar-refractivity contribution in [1.82, 2.24) is 29.4 Å². The van der Waals surface area contributed by atoms with Crippen molar-refractivity contribution in [2.75, 3.05) is 83.8 Å². The van der Waals surface area contributed by atoms with Crippen LogP contribution in [0, 0.1) is 76.4 Å². The van der Waals surface area contributed by atoms with Crippen molar-refractivity contribution in [2.24, 2.45) is 47.3 Å². The number of rotatable bonds is 35. The summed E-state index contributed by atoms with van der Waals surface area (Å²) >= 11 is 0. The van der Waals surface area contributed by atoms with Gasteiger partial charge in [-0.3, -0.25) is 48.2 Å². The third-order valence-corrected chi connectivity index (χ3v) is 20.5. The Labute approximate surface area is 557 Å². The Morgan fingerprint density at radius 3 is 1.12 bits per heavy atom. The second-order valence-electron chi connectivity index (χ2n) is 27.7. The van der Waals surface area contributed by atoms with Crippen molar-refractivity contribution in [3.8, 4) is 5.75 Å². The topological polar surface area (TPSA) is 222 Å². The molecule has 2 saturated heterocycles. The van der Waals surface area contributed by atoms with Gasteiger partial charge in [-0.05, 0) is 119 Å². The summed E-state index contributed by atoms with van der Waals surface area (Å²) in [5.74, 6) is -20.0. The lowest BCUT2D eigenvalue weighted by atomic mass is 9.82. The van der Waals surface area contributed by atoms with Gasteiger partial charge in [-0.2, -0.15) is 8.78 Å². The van der Waals surface area contributed by atoms with Gasteiger partial charge in [-0.1, -0.05) is 75.7 Å².